The minimum Gasteiger partial charge on any atom is -0.367 e. The molecule has 1 aliphatic rings. The highest BCUT2D eigenvalue weighted by Crippen LogP contribution is 2.47. The zero-order chi connectivity index (χ0) is 9.35. The summed E-state index contributed by atoms with van der Waals surface area (Å²) in [5.41, 5.74) is 3.33. The summed E-state index contributed by atoms with van der Waals surface area (Å²) < 4.78 is 14.0. The largest absolute Gasteiger partial charge is 0.367 e. The molecule has 0 heterocycles. The van der Waals surface area contributed by atoms with Crippen molar-refractivity contribution in [2.75, 3.05) is 0 Å². The van der Waals surface area contributed by atoms with E-state index in [1.54, 1.807) is 6.92 Å². The molecule has 1 aliphatic carbocycles. The van der Waals surface area contributed by atoms with Crippen molar-refractivity contribution < 1.29 is 9.18 Å². The van der Waals surface area contributed by atoms with Gasteiger partial charge in [0, 0.05) is 5.92 Å². The van der Waals surface area contributed by atoms with Gasteiger partial charge in [0.1, 0.15) is 0 Å². The lowest BCUT2D eigenvalue weighted by atomic mass is 9.84. The van der Waals surface area contributed by atoms with Crippen molar-refractivity contribution in [2.45, 2.75) is 38.8 Å². The van der Waals surface area contributed by atoms with Gasteiger partial charge in [-0.1, -0.05) is 13.8 Å². The molecule has 0 radical (unpaired) electrons. The molecule has 2 N–H and O–H groups in total. The molecule has 0 aromatic heterocycles. The van der Waals surface area contributed by atoms with Crippen molar-refractivity contribution in [3.05, 3.63) is 0 Å². The Bertz CT molecular complexity index is 191. The van der Waals surface area contributed by atoms with E-state index in [1.807, 2.05) is 6.92 Å². The van der Waals surface area contributed by atoms with Crippen molar-refractivity contribution in [2.24, 2.45) is 17.6 Å². The molecule has 0 aliphatic heterocycles. The van der Waals surface area contributed by atoms with Crippen molar-refractivity contribution >= 4 is 5.91 Å². The van der Waals surface area contributed by atoms with Crippen LogP contribution in [0.1, 0.15) is 33.1 Å². The summed E-state index contributed by atoms with van der Waals surface area (Å²) in [6, 6.07) is 0. The van der Waals surface area contributed by atoms with Gasteiger partial charge in [-0.15, -0.1) is 0 Å². The van der Waals surface area contributed by atoms with E-state index in [2.05, 4.69) is 0 Å². The monoisotopic (exact) mass is 173 g/mol. The highest BCUT2D eigenvalue weighted by molar-refractivity contribution is 5.84. The summed E-state index contributed by atoms with van der Waals surface area (Å²) in [5.74, 6) is -1.13. The molecular weight excluding hydrogens is 157 g/mol. The van der Waals surface area contributed by atoms with Gasteiger partial charge in [0.2, 0.25) is 0 Å². The Morgan fingerprint density at radius 1 is 1.75 bits per heavy atom. The molecule has 0 spiro atoms. The molecule has 1 rings (SSSR count). The maximum absolute atomic E-state index is 14.0. The van der Waals surface area contributed by atoms with Crippen LogP contribution in [0.3, 0.4) is 0 Å². The first kappa shape index (κ1) is 9.49. The van der Waals surface area contributed by atoms with Crippen molar-refractivity contribution in [1.82, 2.24) is 0 Å². The van der Waals surface area contributed by atoms with Gasteiger partial charge < -0.3 is 5.73 Å². The summed E-state index contributed by atoms with van der Waals surface area (Å²) in [7, 11) is 0. The second-order valence-corrected chi connectivity index (χ2v) is 3.72. The second kappa shape index (κ2) is 3.04. The Kier molecular flexibility index (Phi) is 2.40. The molecule has 70 valence electrons. The highest BCUT2D eigenvalue weighted by Gasteiger charge is 2.53. The van der Waals surface area contributed by atoms with Gasteiger partial charge in [0.25, 0.3) is 5.91 Å². The third-order valence-electron chi connectivity index (χ3n) is 2.88. The van der Waals surface area contributed by atoms with Crippen LogP contribution >= 0.6 is 0 Å². The number of primary amides is 1. The summed E-state index contributed by atoms with van der Waals surface area (Å²) >= 11 is 0. The van der Waals surface area contributed by atoms with E-state index in [-0.39, 0.29) is 11.8 Å². The third-order valence-corrected chi connectivity index (χ3v) is 2.88. The molecule has 1 fully saturated rings. The molecule has 0 bridgehead atoms. The van der Waals surface area contributed by atoms with Gasteiger partial charge in [-0.2, -0.15) is 0 Å². The van der Waals surface area contributed by atoms with E-state index in [1.165, 1.54) is 0 Å². The van der Waals surface area contributed by atoms with Gasteiger partial charge in [-0.3, -0.25) is 4.79 Å². The smallest absolute Gasteiger partial charge is 0.255 e. The van der Waals surface area contributed by atoms with Gasteiger partial charge in [-0.05, 0) is 25.2 Å². The van der Waals surface area contributed by atoms with Gasteiger partial charge in [0.15, 0.2) is 5.67 Å². The summed E-state index contributed by atoms with van der Waals surface area (Å²) in [4.78, 5) is 11.0. The molecule has 2 nitrogen and oxygen atoms in total. The fourth-order valence-electron chi connectivity index (χ4n) is 1.65. The predicted octanol–water partition coefficient (Wildman–Crippen LogP) is 1.64. The first-order valence-corrected chi connectivity index (χ1v) is 4.52. The first-order chi connectivity index (χ1) is 5.53. The maximum atomic E-state index is 14.0. The minimum absolute atomic E-state index is 0.107. The second-order valence-electron chi connectivity index (χ2n) is 3.72. The Morgan fingerprint density at radius 2 is 2.25 bits per heavy atom. The number of carbonyl (C=O) groups excluding carboxylic acids is 1. The average molecular weight is 173 g/mol. The van der Waals surface area contributed by atoms with Crippen LogP contribution in [0.25, 0.3) is 0 Å². The van der Waals surface area contributed by atoms with E-state index in [9.17, 15) is 9.18 Å². The number of carbonyl (C=O) groups is 1. The number of alkyl halides is 1. The molecule has 12 heavy (non-hydrogen) atoms. The van der Waals surface area contributed by atoms with Crippen LogP contribution in [0.15, 0.2) is 0 Å². The topological polar surface area (TPSA) is 43.1 Å². The molecule has 3 heteroatoms. The summed E-state index contributed by atoms with van der Waals surface area (Å²) in [6.07, 6.45) is 2.28. The standard InChI is InChI=1S/C9H16FNO/c1-3-6(2)9(10,8(11)12)7-4-5-7/h6-7H,3-5H2,1-2H3,(H2,11,12). The van der Waals surface area contributed by atoms with Crippen LogP contribution in [0, 0.1) is 11.8 Å². The SMILES string of the molecule is CCC(C)C(F)(C(N)=O)C1CC1. The van der Waals surface area contributed by atoms with Gasteiger partial charge in [-0.25, -0.2) is 4.39 Å². The Balaban J connectivity index is 2.77. The van der Waals surface area contributed by atoms with E-state index in [4.69, 9.17) is 5.73 Å². The number of nitrogens with two attached hydrogens (primary N) is 1. The van der Waals surface area contributed by atoms with E-state index >= 15 is 0 Å². The Hall–Kier alpha value is -0.600. The van der Waals surface area contributed by atoms with Crippen molar-refractivity contribution in [1.29, 1.82) is 0 Å². The maximum Gasteiger partial charge on any atom is 0.255 e. The highest BCUT2D eigenvalue weighted by atomic mass is 19.1. The normalized spacial score (nSPS) is 24.6. The van der Waals surface area contributed by atoms with Crippen molar-refractivity contribution in [3.8, 4) is 0 Å². The van der Waals surface area contributed by atoms with Crippen LogP contribution in [0.4, 0.5) is 4.39 Å². The lowest BCUT2D eigenvalue weighted by molar-refractivity contribution is -0.134. The fourth-order valence-corrected chi connectivity index (χ4v) is 1.65. The molecule has 2 atom stereocenters. The van der Waals surface area contributed by atoms with Crippen LogP contribution < -0.4 is 5.73 Å². The van der Waals surface area contributed by atoms with Crippen LogP contribution in [0.2, 0.25) is 0 Å². The average Bonchev–Trinajstić information content (AvgIpc) is 2.83. The summed E-state index contributed by atoms with van der Waals surface area (Å²) in [6.45, 7) is 3.63. The first-order valence-electron chi connectivity index (χ1n) is 4.52. The Labute approximate surface area is 72.3 Å². The van der Waals surface area contributed by atoms with E-state index in [0.29, 0.717) is 6.42 Å². The van der Waals surface area contributed by atoms with Gasteiger partial charge in [0.05, 0.1) is 0 Å². The van der Waals surface area contributed by atoms with Gasteiger partial charge >= 0.3 is 0 Å². The molecule has 1 saturated carbocycles. The predicted molar refractivity (Wildman–Crippen MR) is 45.2 cm³/mol. The fraction of sp³-hybridized carbons (Fsp3) is 0.889. The van der Waals surface area contributed by atoms with Crippen LogP contribution in [-0.4, -0.2) is 11.6 Å². The molecule has 2 unspecified atom stereocenters. The van der Waals surface area contributed by atoms with E-state index in [0.717, 1.165) is 12.8 Å². The van der Waals surface area contributed by atoms with Crippen LogP contribution in [0.5, 0.6) is 0 Å². The number of hydrogen-bond acceptors (Lipinski definition) is 1. The summed E-state index contributed by atoms with van der Waals surface area (Å²) in [5, 5.41) is 0. The lowest BCUT2D eigenvalue weighted by Gasteiger charge is -2.27. The quantitative estimate of drug-likeness (QED) is 0.690. The zero-order valence-corrected chi connectivity index (χ0v) is 7.64. The Morgan fingerprint density at radius 3 is 2.50 bits per heavy atom. The molecule has 0 saturated heterocycles. The molecule has 1 amide bonds. The third kappa shape index (κ3) is 1.32. The number of rotatable bonds is 4. The molecule has 0 aromatic carbocycles. The van der Waals surface area contributed by atoms with Crippen LogP contribution in [-0.2, 0) is 4.79 Å². The lowest BCUT2D eigenvalue weighted by Crippen LogP contribution is -2.47. The molecular formula is C9H16FNO. The zero-order valence-electron chi connectivity index (χ0n) is 7.64. The molecule has 0 aromatic rings. The number of hydrogen-bond donors (Lipinski definition) is 1. The number of amides is 1. The van der Waals surface area contributed by atoms with E-state index < -0.39 is 11.6 Å². The number of halogens is 1. The minimum atomic E-state index is -1.74. The van der Waals surface area contributed by atoms with Crippen molar-refractivity contribution in [3.63, 3.8) is 0 Å².